The Kier molecular flexibility index (Phi) is 2.27. The van der Waals surface area contributed by atoms with Crippen LogP contribution in [0.3, 0.4) is 0 Å². The molecule has 0 spiro atoms. The Labute approximate surface area is 83.6 Å². The fourth-order valence-electron chi connectivity index (χ4n) is 2.12. The second-order valence-electron chi connectivity index (χ2n) is 3.87. The quantitative estimate of drug-likeness (QED) is 0.542. The van der Waals surface area contributed by atoms with E-state index in [9.17, 15) is 0 Å². The van der Waals surface area contributed by atoms with Gasteiger partial charge in [0.1, 0.15) is 11.7 Å². The molecule has 1 aliphatic rings. The summed E-state index contributed by atoms with van der Waals surface area (Å²) in [7, 11) is 0. The molecule has 0 radical (unpaired) electrons. The average molecular weight is 192 g/mol. The number of nitrogens with two attached hydrogens (primary N) is 1. The van der Waals surface area contributed by atoms with Crippen molar-refractivity contribution in [3.05, 3.63) is 17.2 Å². The normalized spacial score (nSPS) is 15.2. The first kappa shape index (κ1) is 9.24. The molecule has 1 aromatic heterocycles. The third-order valence-electron chi connectivity index (χ3n) is 2.75. The van der Waals surface area contributed by atoms with Crippen LogP contribution in [-0.4, -0.2) is 15.4 Å². The fourth-order valence-corrected chi connectivity index (χ4v) is 2.12. The lowest BCUT2D eigenvalue weighted by Gasteiger charge is -2.13. The van der Waals surface area contributed by atoms with Gasteiger partial charge in [0.05, 0.1) is 12.2 Å². The van der Waals surface area contributed by atoms with E-state index >= 15 is 0 Å². The van der Waals surface area contributed by atoms with Crippen LogP contribution in [0.5, 0.6) is 0 Å². The molecule has 0 aromatic carbocycles. The summed E-state index contributed by atoms with van der Waals surface area (Å²) >= 11 is 0. The smallest absolute Gasteiger partial charge is 0.111 e. The molecule has 0 atom stereocenters. The first-order chi connectivity index (χ1) is 6.68. The van der Waals surface area contributed by atoms with Gasteiger partial charge in [-0.2, -0.15) is 0 Å². The highest BCUT2D eigenvalue weighted by Crippen LogP contribution is 2.21. The standard InChI is InChI=1S/C10H16N4/c1-7-13-8-4-2-3-5-9(8)14(7)6-10(11)12/h2-6H2,1H3,(H3,11,12). The van der Waals surface area contributed by atoms with Crippen LogP contribution < -0.4 is 5.73 Å². The van der Waals surface area contributed by atoms with Gasteiger partial charge in [0.15, 0.2) is 0 Å². The van der Waals surface area contributed by atoms with Gasteiger partial charge in [-0.05, 0) is 32.6 Å². The Balaban J connectivity index is 2.37. The molecular weight excluding hydrogens is 176 g/mol. The van der Waals surface area contributed by atoms with Crippen LogP contribution in [0.2, 0.25) is 0 Å². The molecule has 4 nitrogen and oxygen atoms in total. The molecule has 3 N–H and O–H groups in total. The maximum atomic E-state index is 7.31. The van der Waals surface area contributed by atoms with Crippen LogP contribution in [0.1, 0.15) is 30.1 Å². The molecule has 0 saturated heterocycles. The molecule has 14 heavy (non-hydrogen) atoms. The number of imidazole rings is 1. The van der Waals surface area contributed by atoms with Crippen LogP contribution in [0.25, 0.3) is 0 Å². The van der Waals surface area contributed by atoms with E-state index in [1.165, 1.54) is 24.2 Å². The summed E-state index contributed by atoms with van der Waals surface area (Å²) < 4.78 is 2.08. The second-order valence-corrected chi connectivity index (χ2v) is 3.87. The van der Waals surface area contributed by atoms with E-state index in [2.05, 4.69) is 9.55 Å². The molecule has 0 bridgehead atoms. The predicted molar refractivity (Wildman–Crippen MR) is 55.5 cm³/mol. The highest BCUT2D eigenvalue weighted by Gasteiger charge is 2.17. The SMILES string of the molecule is Cc1nc2c(n1CC(=N)N)CCCC2. The van der Waals surface area contributed by atoms with Crippen LogP contribution in [0.4, 0.5) is 0 Å². The summed E-state index contributed by atoms with van der Waals surface area (Å²) in [6, 6.07) is 0. The minimum absolute atomic E-state index is 0.207. The number of nitrogens with zero attached hydrogens (tertiary/aromatic N) is 2. The zero-order valence-corrected chi connectivity index (χ0v) is 8.51. The topological polar surface area (TPSA) is 67.7 Å². The predicted octanol–water partition coefficient (Wildman–Crippen LogP) is 1.01. The van der Waals surface area contributed by atoms with Gasteiger partial charge in [-0.25, -0.2) is 4.98 Å². The minimum Gasteiger partial charge on any atom is -0.386 e. The average Bonchev–Trinajstić information content (AvgIpc) is 2.43. The van der Waals surface area contributed by atoms with Crippen molar-refractivity contribution in [2.24, 2.45) is 5.73 Å². The fraction of sp³-hybridized carbons (Fsp3) is 0.600. The molecule has 0 aliphatic heterocycles. The third-order valence-corrected chi connectivity index (χ3v) is 2.75. The number of hydrogen-bond donors (Lipinski definition) is 2. The Morgan fingerprint density at radius 3 is 2.93 bits per heavy atom. The van der Waals surface area contributed by atoms with Crippen molar-refractivity contribution in [2.75, 3.05) is 0 Å². The number of aryl methyl sites for hydroxylation is 2. The van der Waals surface area contributed by atoms with Crippen molar-refractivity contribution in [1.82, 2.24) is 9.55 Å². The monoisotopic (exact) mass is 192 g/mol. The lowest BCUT2D eigenvalue weighted by molar-refractivity contribution is 0.632. The largest absolute Gasteiger partial charge is 0.386 e. The maximum absolute atomic E-state index is 7.31. The van der Waals surface area contributed by atoms with E-state index < -0.39 is 0 Å². The van der Waals surface area contributed by atoms with Crippen molar-refractivity contribution in [3.63, 3.8) is 0 Å². The highest BCUT2D eigenvalue weighted by molar-refractivity contribution is 5.76. The summed E-state index contributed by atoms with van der Waals surface area (Å²) in [6.07, 6.45) is 4.64. The Bertz CT molecular complexity index is 364. The second kappa shape index (κ2) is 3.44. The number of hydrogen-bond acceptors (Lipinski definition) is 2. The maximum Gasteiger partial charge on any atom is 0.111 e. The molecule has 1 aromatic rings. The van der Waals surface area contributed by atoms with E-state index in [-0.39, 0.29) is 5.84 Å². The van der Waals surface area contributed by atoms with Crippen molar-refractivity contribution in [1.29, 1.82) is 5.41 Å². The molecule has 1 heterocycles. The summed E-state index contributed by atoms with van der Waals surface area (Å²) in [6.45, 7) is 2.48. The zero-order valence-electron chi connectivity index (χ0n) is 8.51. The molecule has 0 fully saturated rings. The minimum atomic E-state index is 0.207. The van der Waals surface area contributed by atoms with Crippen molar-refractivity contribution >= 4 is 5.84 Å². The van der Waals surface area contributed by atoms with Crippen molar-refractivity contribution in [2.45, 2.75) is 39.2 Å². The van der Waals surface area contributed by atoms with Gasteiger partial charge in [0, 0.05) is 5.69 Å². The first-order valence-corrected chi connectivity index (χ1v) is 5.06. The lowest BCUT2D eigenvalue weighted by Crippen LogP contribution is -2.21. The Morgan fingerprint density at radius 1 is 1.50 bits per heavy atom. The van der Waals surface area contributed by atoms with Crippen molar-refractivity contribution < 1.29 is 0 Å². The van der Waals surface area contributed by atoms with E-state index in [1.807, 2.05) is 6.92 Å². The molecule has 0 saturated carbocycles. The zero-order chi connectivity index (χ0) is 10.1. The van der Waals surface area contributed by atoms with Gasteiger partial charge in [-0.15, -0.1) is 0 Å². The van der Waals surface area contributed by atoms with Crippen LogP contribution in [0, 0.1) is 12.3 Å². The lowest BCUT2D eigenvalue weighted by atomic mass is 10.0. The van der Waals surface area contributed by atoms with Crippen LogP contribution in [-0.2, 0) is 19.4 Å². The van der Waals surface area contributed by atoms with Gasteiger partial charge in [-0.3, -0.25) is 5.41 Å². The molecule has 0 amide bonds. The molecule has 0 unspecified atom stereocenters. The van der Waals surface area contributed by atoms with Gasteiger partial charge >= 0.3 is 0 Å². The summed E-state index contributed by atoms with van der Waals surface area (Å²) in [5.41, 5.74) is 7.93. The Morgan fingerprint density at radius 2 is 2.21 bits per heavy atom. The summed E-state index contributed by atoms with van der Waals surface area (Å²) in [5, 5.41) is 7.31. The van der Waals surface area contributed by atoms with E-state index in [0.29, 0.717) is 6.54 Å². The molecule has 4 heteroatoms. The third kappa shape index (κ3) is 1.52. The number of fused-ring (bicyclic) bond motifs is 1. The molecular formula is C10H16N4. The summed E-state index contributed by atoms with van der Waals surface area (Å²) in [5.74, 6) is 1.20. The van der Waals surface area contributed by atoms with Crippen LogP contribution in [0.15, 0.2) is 0 Å². The van der Waals surface area contributed by atoms with E-state index in [4.69, 9.17) is 11.1 Å². The Hall–Kier alpha value is -1.32. The number of amidine groups is 1. The van der Waals surface area contributed by atoms with Crippen LogP contribution >= 0.6 is 0 Å². The first-order valence-electron chi connectivity index (χ1n) is 5.06. The van der Waals surface area contributed by atoms with E-state index in [0.717, 1.165) is 18.7 Å². The van der Waals surface area contributed by atoms with Gasteiger partial charge < -0.3 is 10.3 Å². The number of rotatable bonds is 2. The molecule has 1 aliphatic carbocycles. The number of nitrogens with one attached hydrogen (secondary N) is 1. The number of aromatic nitrogens is 2. The molecule has 2 rings (SSSR count). The van der Waals surface area contributed by atoms with E-state index in [1.54, 1.807) is 0 Å². The van der Waals surface area contributed by atoms with Gasteiger partial charge in [-0.1, -0.05) is 0 Å². The van der Waals surface area contributed by atoms with Crippen molar-refractivity contribution in [3.8, 4) is 0 Å². The summed E-state index contributed by atoms with van der Waals surface area (Å²) in [4.78, 5) is 4.51. The van der Waals surface area contributed by atoms with Gasteiger partial charge in [0.25, 0.3) is 0 Å². The highest BCUT2D eigenvalue weighted by atomic mass is 15.1. The van der Waals surface area contributed by atoms with Gasteiger partial charge in [0.2, 0.25) is 0 Å². The molecule has 76 valence electrons.